The van der Waals surface area contributed by atoms with Gasteiger partial charge in [-0.1, -0.05) is 5.92 Å². The van der Waals surface area contributed by atoms with E-state index in [-0.39, 0.29) is 5.69 Å². The van der Waals surface area contributed by atoms with Crippen LogP contribution in [-0.4, -0.2) is 10.7 Å². The second kappa shape index (κ2) is 5.08. The molecule has 1 rings (SSSR count). The third kappa shape index (κ3) is 3.48. The molecule has 0 aromatic carbocycles. The summed E-state index contributed by atoms with van der Waals surface area (Å²) in [5.41, 5.74) is -1.02. The van der Waals surface area contributed by atoms with Gasteiger partial charge in [-0.05, 0) is 18.1 Å². The highest BCUT2D eigenvalue weighted by Gasteiger charge is 2.33. The molecule has 0 saturated heterocycles. The summed E-state index contributed by atoms with van der Waals surface area (Å²) in [6.45, 7) is 0. The normalized spacial score (nSPS) is 10.7. The minimum absolute atomic E-state index is 0.230. The van der Waals surface area contributed by atoms with E-state index in [1.165, 1.54) is 12.3 Å². The fourth-order valence-electron chi connectivity index (χ4n) is 0.936. The van der Waals surface area contributed by atoms with Gasteiger partial charge < -0.3 is 0 Å². The average molecular weight is 231 g/mol. The van der Waals surface area contributed by atoms with Crippen LogP contribution in [0.1, 0.15) is 17.7 Å². The van der Waals surface area contributed by atoms with Crippen molar-refractivity contribution >= 4 is 12.6 Å². The van der Waals surface area contributed by atoms with E-state index in [9.17, 15) is 13.2 Å². The van der Waals surface area contributed by atoms with Crippen molar-refractivity contribution in [3.63, 3.8) is 0 Å². The molecule has 0 radical (unpaired) electrons. The smallest absolute Gasteiger partial charge is 0.247 e. The van der Waals surface area contributed by atoms with Gasteiger partial charge in [-0.2, -0.15) is 25.8 Å². The summed E-state index contributed by atoms with van der Waals surface area (Å²) in [6.07, 6.45) is -2.67. The molecule has 5 heteroatoms. The maximum Gasteiger partial charge on any atom is 0.419 e. The van der Waals surface area contributed by atoms with Gasteiger partial charge in [0.1, 0.15) is 5.69 Å². The minimum Gasteiger partial charge on any atom is -0.247 e. The summed E-state index contributed by atoms with van der Waals surface area (Å²) in [6, 6.07) is 2.21. The van der Waals surface area contributed by atoms with Crippen molar-refractivity contribution in [3.8, 4) is 11.8 Å². The Labute approximate surface area is 91.1 Å². The maximum absolute atomic E-state index is 12.4. The number of aromatic nitrogens is 1. The van der Waals surface area contributed by atoms with Crippen molar-refractivity contribution in [2.24, 2.45) is 0 Å². The lowest BCUT2D eigenvalue weighted by Crippen LogP contribution is -2.08. The fraction of sp³-hybridized carbons (Fsp3) is 0.300. The van der Waals surface area contributed by atoms with Crippen LogP contribution in [0.5, 0.6) is 0 Å². The number of hydrogen-bond donors (Lipinski definition) is 1. The van der Waals surface area contributed by atoms with Crippen molar-refractivity contribution in [1.29, 1.82) is 0 Å². The van der Waals surface area contributed by atoms with Crippen LogP contribution < -0.4 is 0 Å². The predicted molar refractivity (Wildman–Crippen MR) is 54.6 cm³/mol. The molecule has 15 heavy (non-hydrogen) atoms. The molecule has 0 amide bonds. The first-order valence-electron chi connectivity index (χ1n) is 4.17. The number of rotatable bonds is 1. The molecule has 1 heterocycles. The summed E-state index contributed by atoms with van der Waals surface area (Å²) in [7, 11) is 0. The zero-order valence-electron chi connectivity index (χ0n) is 7.67. The predicted octanol–water partition coefficient (Wildman–Crippen LogP) is 2.77. The first-order valence-corrected chi connectivity index (χ1v) is 4.81. The molecule has 0 spiro atoms. The Morgan fingerprint density at radius 1 is 1.40 bits per heavy atom. The standard InChI is InChI=1S/C10H8F3NS/c11-10(12,13)8-4-3-6-14-9(8)5-1-2-7-15/h3-4,6,15H,2,7H2. The van der Waals surface area contributed by atoms with E-state index < -0.39 is 11.7 Å². The summed E-state index contributed by atoms with van der Waals surface area (Å²) >= 11 is 3.90. The lowest BCUT2D eigenvalue weighted by Gasteiger charge is -2.06. The lowest BCUT2D eigenvalue weighted by atomic mass is 10.2. The van der Waals surface area contributed by atoms with E-state index in [1.807, 2.05) is 0 Å². The van der Waals surface area contributed by atoms with Gasteiger partial charge in [-0.3, -0.25) is 0 Å². The van der Waals surface area contributed by atoms with Crippen LogP contribution in [0.15, 0.2) is 18.3 Å². The van der Waals surface area contributed by atoms with Gasteiger partial charge >= 0.3 is 6.18 Å². The Balaban J connectivity index is 3.04. The molecule has 0 aliphatic rings. The van der Waals surface area contributed by atoms with E-state index in [2.05, 4.69) is 29.5 Å². The first kappa shape index (κ1) is 11.9. The van der Waals surface area contributed by atoms with E-state index in [4.69, 9.17) is 0 Å². The maximum atomic E-state index is 12.4. The average Bonchev–Trinajstić information content (AvgIpc) is 2.17. The number of alkyl halides is 3. The molecular weight excluding hydrogens is 223 g/mol. The van der Waals surface area contributed by atoms with Gasteiger partial charge in [0.05, 0.1) is 5.56 Å². The van der Waals surface area contributed by atoms with Crippen molar-refractivity contribution in [2.75, 3.05) is 5.75 Å². The Bertz CT molecular complexity index is 390. The quantitative estimate of drug-likeness (QED) is 0.579. The Morgan fingerprint density at radius 3 is 2.73 bits per heavy atom. The Hall–Kier alpha value is -1.15. The first-order chi connectivity index (χ1) is 7.05. The van der Waals surface area contributed by atoms with E-state index in [0.29, 0.717) is 12.2 Å². The fourth-order valence-corrected chi connectivity index (χ4v) is 1.05. The number of nitrogens with zero attached hydrogens (tertiary/aromatic N) is 1. The second-order valence-corrected chi connectivity index (χ2v) is 3.12. The van der Waals surface area contributed by atoms with Gasteiger partial charge in [0.15, 0.2) is 0 Å². The van der Waals surface area contributed by atoms with E-state index in [0.717, 1.165) is 6.07 Å². The van der Waals surface area contributed by atoms with Crippen LogP contribution in [0.3, 0.4) is 0 Å². The van der Waals surface area contributed by atoms with Crippen LogP contribution in [0.25, 0.3) is 0 Å². The number of hydrogen-bond acceptors (Lipinski definition) is 2. The number of thiol groups is 1. The van der Waals surface area contributed by atoms with Gasteiger partial charge in [0.2, 0.25) is 0 Å². The summed E-state index contributed by atoms with van der Waals surface area (Å²) in [4.78, 5) is 3.60. The molecule has 0 unspecified atom stereocenters. The van der Waals surface area contributed by atoms with Crippen molar-refractivity contribution in [3.05, 3.63) is 29.6 Å². The molecule has 0 fully saturated rings. The summed E-state index contributed by atoms with van der Waals surface area (Å²) in [5.74, 6) is 5.48. The molecule has 1 aromatic rings. The molecule has 0 saturated carbocycles. The van der Waals surface area contributed by atoms with Crippen LogP contribution >= 0.6 is 12.6 Å². The van der Waals surface area contributed by atoms with Crippen molar-refractivity contribution < 1.29 is 13.2 Å². The van der Waals surface area contributed by atoms with Gasteiger partial charge in [-0.25, -0.2) is 4.98 Å². The van der Waals surface area contributed by atoms with E-state index >= 15 is 0 Å². The molecule has 0 aliphatic heterocycles. The van der Waals surface area contributed by atoms with Crippen molar-refractivity contribution in [1.82, 2.24) is 4.98 Å². The van der Waals surface area contributed by atoms with Crippen LogP contribution in [0.4, 0.5) is 13.2 Å². The Morgan fingerprint density at radius 2 is 2.13 bits per heavy atom. The van der Waals surface area contributed by atoms with Crippen LogP contribution in [-0.2, 0) is 6.18 Å². The van der Waals surface area contributed by atoms with Gasteiger partial charge in [0, 0.05) is 18.4 Å². The zero-order valence-corrected chi connectivity index (χ0v) is 8.57. The largest absolute Gasteiger partial charge is 0.419 e. The number of pyridine rings is 1. The molecule has 0 N–H and O–H groups in total. The second-order valence-electron chi connectivity index (χ2n) is 2.67. The van der Waals surface area contributed by atoms with Gasteiger partial charge in [-0.15, -0.1) is 0 Å². The molecular formula is C10H8F3NS. The SMILES string of the molecule is FC(F)(F)c1cccnc1C#CCCS. The highest BCUT2D eigenvalue weighted by molar-refractivity contribution is 7.80. The van der Waals surface area contributed by atoms with Crippen molar-refractivity contribution in [2.45, 2.75) is 12.6 Å². The van der Waals surface area contributed by atoms with Crippen LogP contribution in [0, 0.1) is 11.8 Å². The Kier molecular flexibility index (Phi) is 4.04. The molecule has 80 valence electrons. The topological polar surface area (TPSA) is 12.9 Å². The molecule has 0 atom stereocenters. The van der Waals surface area contributed by atoms with Crippen LogP contribution in [0.2, 0.25) is 0 Å². The zero-order chi connectivity index (χ0) is 11.3. The van der Waals surface area contributed by atoms with Gasteiger partial charge in [0.25, 0.3) is 0 Å². The monoisotopic (exact) mass is 231 g/mol. The molecule has 1 nitrogen and oxygen atoms in total. The molecule has 0 aliphatic carbocycles. The summed E-state index contributed by atoms with van der Waals surface area (Å²) in [5, 5.41) is 0. The highest BCUT2D eigenvalue weighted by Crippen LogP contribution is 2.30. The summed E-state index contributed by atoms with van der Waals surface area (Å²) < 4.78 is 37.3. The molecule has 0 bridgehead atoms. The number of halogens is 3. The lowest BCUT2D eigenvalue weighted by molar-refractivity contribution is -0.138. The highest BCUT2D eigenvalue weighted by atomic mass is 32.1. The minimum atomic E-state index is -4.40. The molecule has 1 aromatic heterocycles. The third-order valence-electron chi connectivity index (χ3n) is 1.56. The third-order valence-corrected chi connectivity index (χ3v) is 1.78. The van der Waals surface area contributed by atoms with E-state index in [1.54, 1.807) is 0 Å².